The molecule has 292 valence electrons. The summed E-state index contributed by atoms with van der Waals surface area (Å²) in [5.74, 6) is 4.83. The van der Waals surface area contributed by atoms with Crippen LogP contribution in [0.2, 0.25) is 0 Å². The van der Waals surface area contributed by atoms with Crippen LogP contribution in [0.15, 0.2) is 82.4 Å². The van der Waals surface area contributed by atoms with Gasteiger partial charge in [0.05, 0.1) is 38.3 Å². The molecule has 1 heterocycles. The van der Waals surface area contributed by atoms with Crippen molar-refractivity contribution in [2.24, 2.45) is 15.9 Å². The lowest BCUT2D eigenvalue weighted by Crippen LogP contribution is -2.47. The van der Waals surface area contributed by atoms with Gasteiger partial charge in [-0.15, -0.1) is 12.3 Å². The van der Waals surface area contributed by atoms with Crippen molar-refractivity contribution in [1.82, 2.24) is 31.5 Å². The van der Waals surface area contributed by atoms with Gasteiger partial charge in [0.15, 0.2) is 0 Å². The summed E-state index contributed by atoms with van der Waals surface area (Å²) < 4.78 is 4.61. The number of nitrogens with one attached hydrogen (secondary N) is 5. The SMILES string of the molecule is C#CC/C=C\CN=C(CN(CCC)C(=O)CNC(=O)OC)NC(C)C/C=C\CC(=C/C=C)/C=C1/C=CC2N=C([C@H](CCCC(C)CNC)NC)N[C@@H]2C1. The quantitative estimate of drug-likeness (QED) is 0.0303. The predicted molar refractivity (Wildman–Crippen MR) is 221 cm³/mol. The van der Waals surface area contributed by atoms with Crippen molar-refractivity contribution in [2.75, 3.05) is 53.9 Å². The van der Waals surface area contributed by atoms with Gasteiger partial charge in [-0.3, -0.25) is 14.8 Å². The van der Waals surface area contributed by atoms with Crippen LogP contribution < -0.4 is 26.6 Å². The van der Waals surface area contributed by atoms with E-state index in [-0.39, 0.29) is 36.6 Å². The molecular weight excluding hydrogens is 665 g/mol. The smallest absolute Gasteiger partial charge is 0.407 e. The molecule has 2 aliphatic rings. The molecule has 1 aliphatic heterocycles. The van der Waals surface area contributed by atoms with E-state index in [0.717, 1.165) is 44.5 Å². The third-order valence-corrected chi connectivity index (χ3v) is 9.09. The summed E-state index contributed by atoms with van der Waals surface area (Å²) >= 11 is 0. The van der Waals surface area contributed by atoms with Crippen LogP contribution in [0.5, 0.6) is 0 Å². The second-order valence-electron chi connectivity index (χ2n) is 13.7. The number of amides is 2. The van der Waals surface area contributed by atoms with E-state index in [2.05, 4.69) is 94.1 Å². The highest BCUT2D eigenvalue weighted by Gasteiger charge is 2.32. The molecule has 0 bridgehead atoms. The van der Waals surface area contributed by atoms with Gasteiger partial charge in [-0.25, -0.2) is 4.79 Å². The second kappa shape index (κ2) is 26.4. The van der Waals surface area contributed by atoms with E-state index < -0.39 is 6.09 Å². The van der Waals surface area contributed by atoms with Crippen molar-refractivity contribution in [3.05, 3.63) is 72.4 Å². The molecule has 0 saturated carbocycles. The molecule has 2 amide bonds. The van der Waals surface area contributed by atoms with Crippen molar-refractivity contribution in [1.29, 1.82) is 0 Å². The number of carbonyl (C=O) groups is 2. The molecule has 53 heavy (non-hydrogen) atoms. The van der Waals surface area contributed by atoms with Crippen molar-refractivity contribution in [3.63, 3.8) is 0 Å². The summed E-state index contributed by atoms with van der Waals surface area (Å²) in [6.07, 6.45) is 30.7. The Morgan fingerprint density at radius 2 is 2.04 bits per heavy atom. The highest BCUT2D eigenvalue weighted by Crippen LogP contribution is 2.26. The number of carbonyl (C=O) groups excluding carboxylic acids is 2. The first kappa shape index (κ1) is 44.8. The van der Waals surface area contributed by atoms with Crippen LogP contribution >= 0.6 is 0 Å². The number of fused-ring (bicyclic) bond motifs is 1. The molecule has 0 aromatic rings. The molecule has 0 aromatic carbocycles. The largest absolute Gasteiger partial charge is 0.453 e. The number of hydrogen-bond acceptors (Lipinski definition) is 8. The highest BCUT2D eigenvalue weighted by atomic mass is 16.5. The van der Waals surface area contributed by atoms with E-state index in [0.29, 0.717) is 37.8 Å². The Hall–Kier alpha value is -4.40. The summed E-state index contributed by atoms with van der Waals surface area (Å²) in [5.41, 5.74) is 2.46. The van der Waals surface area contributed by atoms with Gasteiger partial charge in [-0.2, -0.15) is 0 Å². The normalized spacial score (nSPS) is 19.6. The molecule has 0 aromatic heterocycles. The predicted octanol–water partition coefficient (Wildman–Crippen LogP) is 5.22. The number of likely N-dealkylation sites (N-methyl/N-ethyl adjacent to an activating group) is 1. The van der Waals surface area contributed by atoms with Crippen LogP contribution in [-0.2, 0) is 9.53 Å². The second-order valence-corrected chi connectivity index (χ2v) is 13.7. The van der Waals surface area contributed by atoms with Crippen LogP contribution in [-0.4, -0.2) is 107 Å². The Morgan fingerprint density at radius 1 is 1.23 bits per heavy atom. The number of aliphatic imine (C=N–C) groups is 2. The first-order valence-electron chi connectivity index (χ1n) is 19.2. The molecular formula is C42H66N8O3. The van der Waals surface area contributed by atoms with Crippen LogP contribution in [0.4, 0.5) is 4.79 Å². The monoisotopic (exact) mass is 731 g/mol. The maximum atomic E-state index is 12.9. The summed E-state index contributed by atoms with van der Waals surface area (Å²) in [6, 6.07) is 0.741. The number of nitrogens with zero attached hydrogens (tertiary/aromatic N) is 3. The summed E-state index contributed by atoms with van der Waals surface area (Å²) in [5, 5.41) is 16.5. The molecule has 3 unspecified atom stereocenters. The Morgan fingerprint density at radius 3 is 2.74 bits per heavy atom. The fraction of sp³-hybridized carbons (Fsp3) is 0.571. The lowest BCUT2D eigenvalue weighted by atomic mass is 9.92. The van der Waals surface area contributed by atoms with E-state index >= 15 is 0 Å². The molecule has 0 spiro atoms. The van der Waals surface area contributed by atoms with Gasteiger partial charge in [-0.05, 0) is 83.2 Å². The maximum Gasteiger partial charge on any atom is 0.407 e. The highest BCUT2D eigenvalue weighted by molar-refractivity contribution is 5.90. The topological polar surface area (TPSA) is 131 Å². The number of amidine groups is 2. The van der Waals surface area contributed by atoms with Crippen molar-refractivity contribution >= 4 is 23.7 Å². The van der Waals surface area contributed by atoms with Gasteiger partial charge in [0.1, 0.15) is 18.2 Å². The van der Waals surface area contributed by atoms with E-state index in [9.17, 15) is 9.59 Å². The Bertz CT molecular complexity index is 1400. The molecule has 2 rings (SSSR count). The number of methoxy groups -OCH3 is 1. The Balaban J connectivity index is 1.98. The minimum Gasteiger partial charge on any atom is -0.453 e. The molecule has 11 nitrogen and oxygen atoms in total. The third-order valence-electron chi connectivity index (χ3n) is 9.09. The van der Waals surface area contributed by atoms with Gasteiger partial charge in [0, 0.05) is 19.0 Å². The number of terminal acetylenes is 1. The van der Waals surface area contributed by atoms with E-state index in [1.807, 2.05) is 39.2 Å². The van der Waals surface area contributed by atoms with Crippen molar-refractivity contribution in [3.8, 4) is 12.3 Å². The van der Waals surface area contributed by atoms with E-state index in [1.165, 1.54) is 31.1 Å². The first-order chi connectivity index (χ1) is 25.7. The zero-order chi connectivity index (χ0) is 38.8. The zero-order valence-corrected chi connectivity index (χ0v) is 33.1. The van der Waals surface area contributed by atoms with Crippen LogP contribution in [0.1, 0.15) is 72.1 Å². The van der Waals surface area contributed by atoms with Gasteiger partial charge in [0.2, 0.25) is 5.91 Å². The van der Waals surface area contributed by atoms with E-state index in [1.54, 1.807) is 4.90 Å². The molecule has 0 radical (unpaired) electrons. The molecule has 5 atom stereocenters. The number of ether oxygens (including phenoxy) is 1. The molecule has 11 heteroatoms. The van der Waals surface area contributed by atoms with E-state index in [4.69, 9.17) is 16.4 Å². The van der Waals surface area contributed by atoms with Crippen molar-refractivity contribution < 1.29 is 14.3 Å². The average molecular weight is 731 g/mol. The summed E-state index contributed by atoms with van der Waals surface area (Å²) in [7, 11) is 5.31. The van der Waals surface area contributed by atoms with Gasteiger partial charge in [0.25, 0.3) is 0 Å². The Kier molecular flexibility index (Phi) is 22.3. The standard InChI is InChI=1S/C42H66N8O3/c1-9-12-13-16-25-45-39(31-50(26-11-3)40(51)30-46-42(52)53-8)47-33(5)20-14-15-21-34(18-10-2)27-35-23-24-36-38(28-35)49-41(48-36)37(44-7)22-17-19-32(4)29-43-6/h1,10,13-16,18,23-24,27,32-33,36-38,43-44H,2,11-12,17,19-22,25-26,28-31H2,3-8H3,(H,45,47)(H,46,52)(H,48,49)/b15-14-,16-13-,34-18-,35-27-/t32?,33?,36?,37-,38+/m0/s1. The minimum atomic E-state index is -0.642. The maximum absolute atomic E-state index is 12.9. The molecule has 0 saturated heterocycles. The van der Waals surface area contributed by atoms with Crippen molar-refractivity contribution in [2.45, 2.75) is 96.3 Å². The number of alkyl carbamates (subject to hydrolysis) is 1. The first-order valence-corrected chi connectivity index (χ1v) is 19.2. The lowest BCUT2D eigenvalue weighted by Gasteiger charge is -2.25. The zero-order valence-electron chi connectivity index (χ0n) is 33.1. The molecule has 0 fully saturated rings. The van der Waals surface area contributed by atoms with Crippen LogP contribution in [0.3, 0.4) is 0 Å². The minimum absolute atomic E-state index is 0.0654. The van der Waals surface area contributed by atoms with Gasteiger partial charge < -0.3 is 36.2 Å². The summed E-state index contributed by atoms with van der Waals surface area (Å²) in [6.45, 7) is 12.5. The fourth-order valence-electron chi connectivity index (χ4n) is 6.32. The molecule has 1 aliphatic carbocycles. The van der Waals surface area contributed by atoms with Gasteiger partial charge >= 0.3 is 6.09 Å². The fourth-order valence-corrected chi connectivity index (χ4v) is 6.32. The van der Waals surface area contributed by atoms with Crippen LogP contribution in [0, 0.1) is 18.3 Å². The molecule has 5 N–H and O–H groups in total. The average Bonchev–Trinajstić information content (AvgIpc) is 3.57. The number of hydrogen-bond donors (Lipinski definition) is 5. The number of rotatable bonds is 24. The Labute approximate surface area is 319 Å². The number of allylic oxidation sites excluding steroid dienone is 7. The van der Waals surface area contributed by atoms with Crippen LogP contribution in [0.25, 0.3) is 0 Å². The summed E-state index contributed by atoms with van der Waals surface area (Å²) in [4.78, 5) is 35.9. The third kappa shape index (κ3) is 17.8. The van der Waals surface area contributed by atoms with Gasteiger partial charge in [-0.1, -0.05) is 81.5 Å². The lowest BCUT2D eigenvalue weighted by molar-refractivity contribution is -0.129.